The molecule has 0 fully saturated rings. The lowest BCUT2D eigenvalue weighted by Gasteiger charge is -2.21. The van der Waals surface area contributed by atoms with E-state index in [0.29, 0.717) is 0 Å². The number of amides is 1. The van der Waals surface area contributed by atoms with Gasteiger partial charge in [-0.2, -0.15) is 0 Å². The van der Waals surface area contributed by atoms with E-state index in [-0.39, 0.29) is 12.5 Å². The molecule has 1 atom stereocenters. The largest absolute Gasteiger partial charge is 0.459 e. The number of carbonyl (C=O) groups is 2. The monoisotopic (exact) mass is 357 g/mol. The van der Waals surface area contributed by atoms with E-state index in [4.69, 9.17) is 4.74 Å². The van der Waals surface area contributed by atoms with Gasteiger partial charge < -0.3 is 10.1 Å². The van der Waals surface area contributed by atoms with Gasteiger partial charge in [0, 0.05) is 4.90 Å². The van der Waals surface area contributed by atoms with Gasteiger partial charge in [0.25, 0.3) is 0 Å². The van der Waals surface area contributed by atoms with E-state index in [0.717, 1.165) is 10.5 Å². The van der Waals surface area contributed by atoms with Crippen molar-refractivity contribution in [3.63, 3.8) is 0 Å². The topological polar surface area (TPSA) is 55.4 Å². The van der Waals surface area contributed by atoms with E-state index < -0.39 is 16.8 Å². The van der Waals surface area contributed by atoms with Crippen LogP contribution in [0.25, 0.3) is 0 Å². The Bertz CT molecular complexity index is 696. The zero-order valence-electron chi connectivity index (χ0n) is 14.7. The van der Waals surface area contributed by atoms with Crippen LogP contribution >= 0.6 is 11.8 Å². The number of carbonyl (C=O) groups excluding carboxylic acids is 2. The molecule has 0 heterocycles. The molecule has 0 aliphatic carbocycles. The minimum Gasteiger partial charge on any atom is -0.459 e. The normalized spacial score (nSPS) is 12.3. The van der Waals surface area contributed by atoms with Crippen LogP contribution in [0.5, 0.6) is 0 Å². The standard InChI is InChI=1S/C20H23NO3S/c1-20(2,3)24-17(22)14-21-19(23)18(15-10-6-4-7-11-15)25-16-12-8-5-9-13-16/h4-13,18H,14H2,1-3H3,(H,21,23). The molecule has 1 amide bonds. The van der Waals surface area contributed by atoms with Crippen LogP contribution < -0.4 is 5.32 Å². The van der Waals surface area contributed by atoms with Gasteiger partial charge >= 0.3 is 5.97 Å². The summed E-state index contributed by atoms with van der Waals surface area (Å²) in [5, 5.41) is 2.25. The molecule has 0 aliphatic heterocycles. The number of thioether (sulfide) groups is 1. The second-order valence-corrected chi connectivity index (χ2v) is 7.70. The first-order valence-electron chi connectivity index (χ1n) is 8.11. The lowest BCUT2D eigenvalue weighted by molar-refractivity contribution is -0.154. The van der Waals surface area contributed by atoms with Crippen molar-refractivity contribution in [1.29, 1.82) is 0 Å². The fourth-order valence-electron chi connectivity index (χ4n) is 2.17. The molecular weight excluding hydrogens is 334 g/mol. The third-order valence-electron chi connectivity index (χ3n) is 3.16. The van der Waals surface area contributed by atoms with Gasteiger partial charge in [-0.25, -0.2) is 0 Å². The SMILES string of the molecule is CC(C)(C)OC(=O)CNC(=O)C(Sc1ccccc1)c1ccccc1. The van der Waals surface area contributed by atoms with Crippen molar-refractivity contribution in [2.24, 2.45) is 0 Å². The molecule has 2 aromatic rings. The first-order valence-corrected chi connectivity index (χ1v) is 8.99. The maximum atomic E-state index is 12.7. The lowest BCUT2D eigenvalue weighted by Crippen LogP contribution is -2.36. The van der Waals surface area contributed by atoms with Gasteiger partial charge in [-0.05, 0) is 38.5 Å². The maximum absolute atomic E-state index is 12.7. The van der Waals surface area contributed by atoms with Gasteiger partial charge in [0.15, 0.2) is 0 Å². The molecule has 1 N–H and O–H groups in total. The van der Waals surface area contributed by atoms with E-state index in [1.807, 2.05) is 60.7 Å². The van der Waals surface area contributed by atoms with Crippen molar-refractivity contribution in [2.75, 3.05) is 6.54 Å². The summed E-state index contributed by atoms with van der Waals surface area (Å²) in [4.78, 5) is 25.5. The Hall–Kier alpha value is -2.27. The third kappa shape index (κ3) is 6.63. The summed E-state index contributed by atoms with van der Waals surface area (Å²) in [6, 6.07) is 19.2. The summed E-state index contributed by atoms with van der Waals surface area (Å²) in [6.07, 6.45) is 0. The highest BCUT2D eigenvalue weighted by Crippen LogP contribution is 2.35. The van der Waals surface area contributed by atoms with Gasteiger partial charge in [0.1, 0.15) is 17.4 Å². The first kappa shape index (κ1) is 19.1. The average molecular weight is 357 g/mol. The van der Waals surface area contributed by atoms with Crippen LogP contribution in [0.15, 0.2) is 65.6 Å². The van der Waals surface area contributed by atoms with Crippen LogP contribution in [-0.2, 0) is 14.3 Å². The van der Waals surface area contributed by atoms with Crippen LogP contribution in [0.1, 0.15) is 31.6 Å². The second kappa shape index (κ2) is 8.72. The number of nitrogens with one attached hydrogen (secondary N) is 1. The van der Waals surface area contributed by atoms with E-state index in [9.17, 15) is 9.59 Å². The minimum absolute atomic E-state index is 0.144. The van der Waals surface area contributed by atoms with Crippen LogP contribution in [0.3, 0.4) is 0 Å². The molecule has 0 saturated heterocycles. The molecule has 4 nitrogen and oxygen atoms in total. The molecule has 0 bridgehead atoms. The Morgan fingerprint density at radius 2 is 1.56 bits per heavy atom. The second-order valence-electron chi connectivity index (χ2n) is 6.53. The number of benzene rings is 2. The van der Waals surface area contributed by atoms with Crippen LogP contribution in [-0.4, -0.2) is 24.0 Å². The van der Waals surface area contributed by atoms with Gasteiger partial charge in [0.2, 0.25) is 5.91 Å². The van der Waals surface area contributed by atoms with Crippen molar-refractivity contribution in [2.45, 2.75) is 36.5 Å². The highest BCUT2D eigenvalue weighted by atomic mass is 32.2. The number of hydrogen-bond donors (Lipinski definition) is 1. The highest BCUT2D eigenvalue weighted by molar-refractivity contribution is 8.00. The number of esters is 1. The summed E-state index contributed by atoms with van der Waals surface area (Å²) in [5.41, 5.74) is 0.317. The smallest absolute Gasteiger partial charge is 0.325 e. The molecule has 0 radical (unpaired) electrons. The minimum atomic E-state index is -0.570. The maximum Gasteiger partial charge on any atom is 0.325 e. The van der Waals surface area contributed by atoms with Crippen LogP contribution in [0.4, 0.5) is 0 Å². The van der Waals surface area contributed by atoms with Crippen molar-refractivity contribution in [3.8, 4) is 0 Å². The molecule has 5 heteroatoms. The predicted octanol–water partition coefficient (Wildman–Crippen LogP) is 3.98. The Kier molecular flexibility index (Phi) is 6.65. The third-order valence-corrected chi connectivity index (χ3v) is 4.43. The van der Waals surface area contributed by atoms with Gasteiger partial charge in [-0.1, -0.05) is 48.5 Å². The predicted molar refractivity (Wildman–Crippen MR) is 100 cm³/mol. The first-order chi connectivity index (χ1) is 11.8. The van der Waals surface area contributed by atoms with E-state index in [1.165, 1.54) is 11.8 Å². The van der Waals surface area contributed by atoms with Crippen molar-refractivity contribution in [1.82, 2.24) is 5.32 Å². The molecule has 0 aliphatic rings. The summed E-state index contributed by atoms with van der Waals surface area (Å²) >= 11 is 1.45. The molecule has 2 aromatic carbocycles. The zero-order chi connectivity index (χ0) is 18.3. The van der Waals surface area contributed by atoms with Gasteiger partial charge in [-0.3, -0.25) is 9.59 Å². The van der Waals surface area contributed by atoms with E-state index in [1.54, 1.807) is 20.8 Å². The fourth-order valence-corrected chi connectivity index (χ4v) is 3.24. The Morgan fingerprint density at radius 3 is 2.12 bits per heavy atom. The van der Waals surface area contributed by atoms with E-state index in [2.05, 4.69) is 5.32 Å². The molecular formula is C20H23NO3S. The molecule has 0 saturated carbocycles. The summed E-state index contributed by atoms with van der Waals surface area (Å²) < 4.78 is 5.23. The summed E-state index contributed by atoms with van der Waals surface area (Å²) in [6.45, 7) is 5.25. The van der Waals surface area contributed by atoms with Gasteiger partial charge in [-0.15, -0.1) is 11.8 Å². The fraction of sp³-hybridized carbons (Fsp3) is 0.300. The highest BCUT2D eigenvalue weighted by Gasteiger charge is 2.23. The molecule has 25 heavy (non-hydrogen) atoms. The molecule has 1 unspecified atom stereocenters. The Labute approximate surface area is 153 Å². The van der Waals surface area contributed by atoms with Crippen LogP contribution in [0.2, 0.25) is 0 Å². The summed E-state index contributed by atoms with van der Waals surface area (Å²) in [7, 11) is 0. The molecule has 0 aromatic heterocycles. The Balaban J connectivity index is 2.07. The van der Waals surface area contributed by atoms with Crippen LogP contribution in [0, 0.1) is 0 Å². The van der Waals surface area contributed by atoms with Crippen molar-refractivity contribution < 1.29 is 14.3 Å². The number of rotatable bonds is 6. The van der Waals surface area contributed by atoms with Crippen molar-refractivity contribution in [3.05, 3.63) is 66.2 Å². The number of hydrogen-bond acceptors (Lipinski definition) is 4. The molecule has 132 valence electrons. The zero-order valence-corrected chi connectivity index (χ0v) is 15.5. The van der Waals surface area contributed by atoms with Gasteiger partial charge in [0.05, 0.1) is 0 Å². The quantitative estimate of drug-likeness (QED) is 0.628. The lowest BCUT2D eigenvalue weighted by atomic mass is 10.1. The van der Waals surface area contributed by atoms with Crippen molar-refractivity contribution >= 4 is 23.6 Å². The molecule has 2 rings (SSSR count). The average Bonchev–Trinajstić information content (AvgIpc) is 2.58. The summed E-state index contributed by atoms with van der Waals surface area (Å²) in [5.74, 6) is -0.664. The Morgan fingerprint density at radius 1 is 1.00 bits per heavy atom. The number of ether oxygens (including phenoxy) is 1. The van der Waals surface area contributed by atoms with E-state index >= 15 is 0 Å². The molecule has 0 spiro atoms.